The summed E-state index contributed by atoms with van der Waals surface area (Å²) in [6.07, 6.45) is -1.39. The largest absolute Gasteiger partial charge is 0.263 e. The van der Waals surface area contributed by atoms with Gasteiger partial charge in [-0.25, -0.2) is 8.78 Å². The summed E-state index contributed by atoms with van der Waals surface area (Å²) in [5.74, 6) is 0. The molecule has 0 aliphatic carbocycles. The number of rotatable bonds is 3. The Labute approximate surface area is 99.9 Å². The number of hydrogen-bond acceptors (Lipinski definition) is 0. The summed E-state index contributed by atoms with van der Waals surface area (Å²) in [7, 11) is 0. The van der Waals surface area contributed by atoms with Crippen LogP contribution in [0.5, 0.6) is 0 Å². The van der Waals surface area contributed by atoms with Crippen LogP contribution in [-0.4, -0.2) is 0 Å². The number of halogens is 2. The van der Waals surface area contributed by atoms with Gasteiger partial charge in [-0.2, -0.15) is 0 Å². The number of hydrogen-bond donors (Lipinski definition) is 0. The lowest BCUT2D eigenvalue weighted by Gasteiger charge is -2.05. The van der Waals surface area contributed by atoms with Gasteiger partial charge in [0.2, 0.25) is 0 Å². The van der Waals surface area contributed by atoms with Crippen LogP contribution in [0.2, 0.25) is 0 Å². The molecule has 88 valence electrons. The predicted octanol–water partition coefficient (Wildman–Crippen LogP) is 4.85. The van der Waals surface area contributed by atoms with E-state index in [4.69, 9.17) is 0 Å². The maximum absolute atomic E-state index is 12.4. The molecule has 0 saturated carbocycles. The summed E-state index contributed by atoms with van der Waals surface area (Å²) in [4.78, 5) is 0. The minimum atomic E-state index is -2.40. The lowest BCUT2D eigenvalue weighted by molar-refractivity contribution is 0.151. The van der Waals surface area contributed by atoms with E-state index in [1.807, 2.05) is 12.1 Å². The molecule has 0 heterocycles. The van der Waals surface area contributed by atoms with E-state index in [2.05, 4.69) is 19.1 Å². The molecule has 0 nitrogen and oxygen atoms in total. The zero-order valence-electron chi connectivity index (χ0n) is 9.66. The third-order valence-corrected chi connectivity index (χ3v) is 2.86. The molecule has 0 spiro atoms. The van der Waals surface area contributed by atoms with E-state index in [1.165, 1.54) is 17.7 Å². The Bertz CT molecular complexity index is 469. The van der Waals surface area contributed by atoms with Gasteiger partial charge in [0.25, 0.3) is 6.43 Å². The Balaban J connectivity index is 2.26. The summed E-state index contributed by atoms with van der Waals surface area (Å²) in [6, 6.07) is 14.6. The molecule has 0 aromatic heterocycles. The van der Waals surface area contributed by atoms with Gasteiger partial charge in [0.1, 0.15) is 0 Å². The standard InChI is InChI=1S/C15H14F2/c1-2-11-3-5-12(6-4-11)13-7-9-14(10-8-13)15(16)17/h3-10,15H,2H2,1H3. The summed E-state index contributed by atoms with van der Waals surface area (Å²) in [6.45, 7) is 2.10. The molecule has 2 aromatic rings. The normalized spacial score (nSPS) is 10.8. The summed E-state index contributed by atoms with van der Waals surface area (Å²) >= 11 is 0. The van der Waals surface area contributed by atoms with Gasteiger partial charge in [-0.1, -0.05) is 55.5 Å². The van der Waals surface area contributed by atoms with Gasteiger partial charge in [0.15, 0.2) is 0 Å². The second-order valence-electron chi connectivity index (χ2n) is 3.97. The summed E-state index contributed by atoms with van der Waals surface area (Å²) in [5, 5.41) is 0. The predicted molar refractivity (Wildman–Crippen MR) is 66.2 cm³/mol. The maximum atomic E-state index is 12.4. The molecule has 0 fully saturated rings. The van der Waals surface area contributed by atoms with Crippen molar-refractivity contribution < 1.29 is 8.78 Å². The molecular formula is C15H14F2. The molecule has 0 unspecified atom stereocenters. The molecule has 0 saturated heterocycles. The van der Waals surface area contributed by atoms with Gasteiger partial charge in [0.05, 0.1) is 0 Å². The molecule has 17 heavy (non-hydrogen) atoms. The van der Waals surface area contributed by atoms with Gasteiger partial charge in [-0.15, -0.1) is 0 Å². The Morgan fingerprint density at radius 2 is 1.29 bits per heavy atom. The minimum Gasteiger partial charge on any atom is -0.205 e. The fourth-order valence-electron chi connectivity index (χ4n) is 1.75. The third-order valence-electron chi connectivity index (χ3n) is 2.86. The zero-order valence-corrected chi connectivity index (χ0v) is 9.66. The molecule has 0 aliphatic rings. The van der Waals surface area contributed by atoms with Crippen molar-refractivity contribution in [3.05, 3.63) is 59.7 Å². The highest BCUT2D eigenvalue weighted by Gasteiger charge is 2.06. The fraction of sp³-hybridized carbons (Fsp3) is 0.200. The summed E-state index contributed by atoms with van der Waals surface area (Å²) in [5.41, 5.74) is 3.37. The monoisotopic (exact) mass is 232 g/mol. The van der Waals surface area contributed by atoms with Crippen LogP contribution in [0, 0.1) is 0 Å². The van der Waals surface area contributed by atoms with Crippen LogP contribution in [0.3, 0.4) is 0 Å². The Morgan fingerprint density at radius 3 is 1.71 bits per heavy atom. The van der Waals surface area contributed by atoms with Crippen molar-refractivity contribution in [2.24, 2.45) is 0 Å². The SMILES string of the molecule is CCc1ccc(-c2ccc(C(F)F)cc2)cc1. The van der Waals surface area contributed by atoms with Gasteiger partial charge in [-0.3, -0.25) is 0 Å². The highest BCUT2D eigenvalue weighted by Crippen LogP contribution is 2.24. The average molecular weight is 232 g/mol. The molecule has 2 heteroatoms. The Kier molecular flexibility index (Phi) is 3.52. The van der Waals surface area contributed by atoms with Crippen LogP contribution >= 0.6 is 0 Å². The van der Waals surface area contributed by atoms with E-state index in [9.17, 15) is 8.78 Å². The Hall–Kier alpha value is -1.70. The number of aryl methyl sites for hydroxylation is 1. The number of benzene rings is 2. The van der Waals surface area contributed by atoms with Crippen molar-refractivity contribution in [1.82, 2.24) is 0 Å². The fourth-order valence-corrected chi connectivity index (χ4v) is 1.75. The molecule has 0 radical (unpaired) electrons. The van der Waals surface area contributed by atoms with Crippen molar-refractivity contribution in [2.45, 2.75) is 19.8 Å². The van der Waals surface area contributed by atoms with E-state index < -0.39 is 6.43 Å². The van der Waals surface area contributed by atoms with Crippen LogP contribution in [0.25, 0.3) is 11.1 Å². The molecule has 2 rings (SSSR count). The van der Waals surface area contributed by atoms with Gasteiger partial charge >= 0.3 is 0 Å². The van der Waals surface area contributed by atoms with E-state index in [0.717, 1.165) is 17.5 Å². The minimum absolute atomic E-state index is 0.0685. The highest BCUT2D eigenvalue weighted by atomic mass is 19.3. The zero-order chi connectivity index (χ0) is 12.3. The van der Waals surface area contributed by atoms with Crippen LogP contribution in [0.4, 0.5) is 8.78 Å². The first-order chi connectivity index (χ1) is 8.20. The molecule has 2 aromatic carbocycles. The smallest absolute Gasteiger partial charge is 0.205 e. The first-order valence-electron chi connectivity index (χ1n) is 5.68. The van der Waals surface area contributed by atoms with Gasteiger partial charge < -0.3 is 0 Å². The second-order valence-corrected chi connectivity index (χ2v) is 3.97. The van der Waals surface area contributed by atoms with Crippen molar-refractivity contribution in [2.75, 3.05) is 0 Å². The van der Waals surface area contributed by atoms with Crippen LogP contribution < -0.4 is 0 Å². The van der Waals surface area contributed by atoms with Crippen molar-refractivity contribution >= 4 is 0 Å². The lowest BCUT2D eigenvalue weighted by atomic mass is 10.0. The van der Waals surface area contributed by atoms with Crippen molar-refractivity contribution in [1.29, 1.82) is 0 Å². The van der Waals surface area contributed by atoms with Crippen LogP contribution in [-0.2, 0) is 6.42 Å². The Morgan fingerprint density at radius 1 is 0.824 bits per heavy atom. The summed E-state index contributed by atoms with van der Waals surface area (Å²) < 4.78 is 24.8. The lowest BCUT2D eigenvalue weighted by Crippen LogP contribution is -1.85. The first-order valence-corrected chi connectivity index (χ1v) is 5.68. The van der Waals surface area contributed by atoms with E-state index in [-0.39, 0.29) is 5.56 Å². The van der Waals surface area contributed by atoms with Crippen molar-refractivity contribution in [3.63, 3.8) is 0 Å². The third kappa shape index (κ3) is 2.70. The molecule has 0 atom stereocenters. The average Bonchev–Trinajstić information content (AvgIpc) is 2.39. The molecular weight excluding hydrogens is 218 g/mol. The van der Waals surface area contributed by atoms with Crippen molar-refractivity contribution in [3.8, 4) is 11.1 Å². The highest BCUT2D eigenvalue weighted by molar-refractivity contribution is 5.64. The topological polar surface area (TPSA) is 0 Å². The maximum Gasteiger partial charge on any atom is 0.263 e. The second kappa shape index (κ2) is 5.09. The quantitative estimate of drug-likeness (QED) is 0.709. The van der Waals surface area contributed by atoms with E-state index in [0.29, 0.717) is 0 Å². The first kappa shape index (κ1) is 11.8. The molecule has 0 N–H and O–H groups in total. The molecule has 0 bridgehead atoms. The molecule has 0 amide bonds. The van der Waals surface area contributed by atoms with E-state index in [1.54, 1.807) is 12.1 Å². The van der Waals surface area contributed by atoms with Gasteiger partial charge in [-0.05, 0) is 23.1 Å². The van der Waals surface area contributed by atoms with Gasteiger partial charge in [0, 0.05) is 5.56 Å². The van der Waals surface area contributed by atoms with Crippen LogP contribution in [0.15, 0.2) is 48.5 Å². The molecule has 0 aliphatic heterocycles. The van der Waals surface area contributed by atoms with Crippen LogP contribution in [0.1, 0.15) is 24.5 Å². The van der Waals surface area contributed by atoms with E-state index >= 15 is 0 Å². The number of alkyl halides is 2.